The largest absolute Gasteiger partial charge is 0.465 e. The van der Waals surface area contributed by atoms with E-state index in [2.05, 4.69) is 10.3 Å². The van der Waals surface area contributed by atoms with E-state index < -0.39 is 17.4 Å². The van der Waals surface area contributed by atoms with E-state index >= 15 is 0 Å². The van der Waals surface area contributed by atoms with Crippen molar-refractivity contribution in [1.82, 2.24) is 9.55 Å². The summed E-state index contributed by atoms with van der Waals surface area (Å²) in [6.45, 7) is 2.74. The molecule has 0 bridgehead atoms. The summed E-state index contributed by atoms with van der Waals surface area (Å²) in [5.74, 6) is -2.08. The van der Waals surface area contributed by atoms with Crippen molar-refractivity contribution in [2.45, 2.75) is 26.3 Å². The Labute approximate surface area is 125 Å². The Balaban J connectivity index is 2.12. The highest BCUT2D eigenvalue weighted by atomic mass is 19.1. The molecule has 2 rings (SSSR count). The minimum Gasteiger partial charge on any atom is -0.465 e. The van der Waals surface area contributed by atoms with Gasteiger partial charge in [0.25, 0.3) is 0 Å². The molecule has 22 heavy (non-hydrogen) atoms. The third-order valence-corrected chi connectivity index (χ3v) is 3.21. The van der Waals surface area contributed by atoms with Crippen LogP contribution in [0.1, 0.15) is 26.3 Å². The lowest BCUT2D eigenvalue weighted by molar-refractivity contribution is -0.141. The molecule has 1 heterocycles. The number of carbonyl (C=O) groups is 2. The number of allylic oxidation sites excluding steroid dienone is 1. The second kappa shape index (κ2) is 6.50. The lowest BCUT2D eigenvalue weighted by atomic mass is 10.1. The number of nitrogens with one attached hydrogen (secondary N) is 1. The van der Waals surface area contributed by atoms with Crippen LogP contribution in [0.25, 0.3) is 0 Å². The summed E-state index contributed by atoms with van der Waals surface area (Å²) in [6.07, 6.45) is 5.09. The topological polar surface area (TPSA) is 90.3 Å². The van der Waals surface area contributed by atoms with Crippen molar-refractivity contribution in [2.75, 3.05) is 11.9 Å². The van der Waals surface area contributed by atoms with Gasteiger partial charge in [-0.05, 0) is 6.42 Å². The van der Waals surface area contributed by atoms with Crippen LogP contribution in [0.4, 0.5) is 10.2 Å². The van der Waals surface area contributed by atoms with Gasteiger partial charge < -0.3 is 10.1 Å². The molecule has 1 aliphatic rings. The standard InChI is InChI=1S/C14H16FN3O4/c1-8(19)16-13-12(15)6-18(14(21)17-13)11-4-3-10(5-11)7-22-9(2)20/h3-4,6,10-11H,5,7H2,1-2H3,(H,16,17,19,21)/t10-,11+/m1/s1. The predicted octanol–water partition coefficient (Wildman–Crippen LogP) is 1.02. The molecular weight excluding hydrogens is 293 g/mol. The van der Waals surface area contributed by atoms with Gasteiger partial charge in [-0.2, -0.15) is 4.98 Å². The summed E-state index contributed by atoms with van der Waals surface area (Å²) in [5.41, 5.74) is -0.659. The zero-order valence-electron chi connectivity index (χ0n) is 12.2. The predicted molar refractivity (Wildman–Crippen MR) is 75.7 cm³/mol. The average Bonchev–Trinajstić information content (AvgIpc) is 2.88. The molecular formula is C14H16FN3O4. The number of hydrogen-bond donors (Lipinski definition) is 1. The number of ether oxygens (including phenoxy) is 1. The molecule has 1 aromatic heterocycles. The Morgan fingerprint density at radius 2 is 2.18 bits per heavy atom. The van der Waals surface area contributed by atoms with Crippen LogP contribution >= 0.6 is 0 Å². The van der Waals surface area contributed by atoms with Crippen LogP contribution in [0.3, 0.4) is 0 Å². The minimum atomic E-state index is -0.786. The van der Waals surface area contributed by atoms with E-state index in [1.165, 1.54) is 13.8 Å². The Bertz CT molecular complexity index is 683. The number of rotatable bonds is 4. The van der Waals surface area contributed by atoms with Gasteiger partial charge in [-0.1, -0.05) is 12.2 Å². The van der Waals surface area contributed by atoms with Gasteiger partial charge in [0, 0.05) is 26.0 Å². The molecule has 1 N–H and O–H groups in total. The summed E-state index contributed by atoms with van der Waals surface area (Å²) < 4.78 is 19.9. The van der Waals surface area contributed by atoms with E-state index in [4.69, 9.17) is 4.74 Å². The fourth-order valence-electron chi connectivity index (χ4n) is 2.24. The summed E-state index contributed by atoms with van der Waals surface area (Å²) in [4.78, 5) is 37.2. The van der Waals surface area contributed by atoms with Crippen LogP contribution in [0.15, 0.2) is 23.1 Å². The van der Waals surface area contributed by atoms with E-state index in [0.717, 1.165) is 10.8 Å². The van der Waals surface area contributed by atoms with Gasteiger partial charge in [0.05, 0.1) is 12.6 Å². The van der Waals surface area contributed by atoms with Crippen LogP contribution in [-0.2, 0) is 14.3 Å². The number of esters is 1. The Morgan fingerprint density at radius 3 is 2.82 bits per heavy atom. The minimum absolute atomic E-state index is 0.0288. The summed E-state index contributed by atoms with van der Waals surface area (Å²) in [5, 5.41) is 2.16. The fourth-order valence-corrected chi connectivity index (χ4v) is 2.24. The quantitative estimate of drug-likeness (QED) is 0.662. The molecule has 118 valence electrons. The van der Waals surface area contributed by atoms with Gasteiger partial charge in [-0.15, -0.1) is 0 Å². The Kier molecular flexibility index (Phi) is 4.69. The van der Waals surface area contributed by atoms with Crippen molar-refractivity contribution in [1.29, 1.82) is 0 Å². The molecule has 0 fully saturated rings. The molecule has 1 aromatic rings. The first-order valence-corrected chi connectivity index (χ1v) is 6.74. The third-order valence-electron chi connectivity index (χ3n) is 3.21. The molecule has 7 nitrogen and oxygen atoms in total. The van der Waals surface area contributed by atoms with Crippen molar-refractivity contribution in [3.8, 4) is 0 Å². The number of anilines is 1. The van der Waals surface area contributed by atoms with Crippen LogP contribution in [0.2, 0.25) is 0 Å². The molecule has 0 spiro atoms. The Hall–Kier alpha value is -2.51. The van der Waals surface area contributed by atoms with Crippen molar-refractivity contribution in [3.05, 3.63) is 34.7 Å². The zero-order valence-corrected chi connectivity index (χ0v) is 12.2. The highest BCUT2D eigenvalue weighted by Gasteiger charge is 2.23. The fraction of sp³-hybridized carbons (Fsp3) is 0.429. The molecule has 0 aromatic carbocycles. The molecule has 0 saturated heterocycles. The molecule has 0 radical (unpaired) electrons. The zero-order chi connectivity index (χ0) is 16.3. The van der Waals surface area contributed by atoms with Crippen LogP contribution in [0, 0.1) is 11.7 Å². The normalized spacial score (nSPS) is 20.0. The van der Waals surface area contributed by atoms with Gasteiger partial charge in [0.15, 0.2) is 11.6 Å². The second-order valence-electron chi connectivity index (χ2n) is 5.06. The lowest BCUT2D eigenvalue weighted by Crippen LogP contribution is -2.28. The lowest BCUT2D eigenvalue weighted by Gasteiger charge is -2.15. The highest BCUT2D eigenvalue weighted by molar-refractivity contribution is 5.87. The van der Waals surface area contributed by atoms with Gasteiger partial charge in [0.1, 0.15) is 0 Å². The van der Waals surface area contributed by atoms with E-state index in [9.17, 15) is 18.8 Å². The number of amides is 1. The second-order valence-corrected chi connectivity index (χ2v) is 5.06. The summed E-state index contributed by atoms with van der Waals surface area (Å²) >= 11 is 0. The maximum atomic E-state index is 13.9. The maximum Gasteiger partial charge on any atom is 0.350 e. The summed E-state index contributed by atoms with van der Waals surface area (Å²) in [7, 11) is 0. The van der Waals surface area contributed by atoms with Crippen LogP contribution < -0.4 is 11.0 Å². The van der Waals surface area contributed by atoms with Gasteiger partial charge in [-0.3, -0.25) is 14.2 Å². The monoisotopic (exact) mass is 309 g/mol. The number of nitrogens with zero attached hydrogens (tertiary/aromatic N) is 2. The van der Waals surface area contributed by atoms with Crippen molar-refractivity contribution < 1.29 is 18.7 Å². The first-order chi connectivity index (χ1) is 10.4. The van der Waals surface area contributed by atoms with Crippen molar-refractivity contribution in [3.63, 3.8) is 0 Å². The average molecular weight is 309 g/mol. The first kappa shape index (κ1) is 15.9. The van der Waals surface area contributed by atoms with Crippen LogP contribution in [-0.4, -0.2) is 28.0 Å². The summed E-state index contributed by atoms with van der Waals surface area (Å²) in [6, 6.07) is -0.360. The maximum absolute atomic E-state index is 13.9. The van der Waals surface area contributed by atoms with Crippen molar-refractivity contribution >= 4 is 17.7 Å². The van der Waals surface area contributed by atoms with Gasteiger partial charge in [-0.25, -0.2) is 9.18 Å². The number of aromatic nitrogens is 2. The van der Waals surface area contributed by atoms with Gasteiger partial charge >= 0.3 is 11.7 Å². The van der Waals surface area contributed by atoms with Gasteiger partial charge in [0.2, 0.25) is 5.91 Å². The number of carbonyl (C=O) groups excluding carboxylic acids is 2. The first-order valence-electron chi connectivity index (χ1n) is 6.74. The number of halogens is 1. The molecule has 0 unspecified atom stereocenters. The SMILES string of the molecule is CC(=O)Nc1nc(=O)n([C@H]2C=C[C@@H](COC(C)=O)C2)cc1F. The third kappa shape index (κ3) is 3.78. The van der Waals surface area contributed by atoms with Crippen LogP contribution in [0.5, 0.6) is 0 Å². The highest BCUT2D eigenvalue weighted by Crippen LogP contribution is 2.27. The van der Waals surface area contributed by atoms with E-state index in [1.807, 2.05) is 6.08 Å². The van der Waals surface area contributed by atoms with E-state index in [0.29, 0.717) is 6.42 Å². The molecule has 0 aliphatic heterocycles. The molecule has 1 aliphatic carbocycles. The van der Waals surface area contributed by atoms with E-state index in [-0.39, 0.29) is 30.4 Å². The smallest absolute Gasteiger partial charge is 0.350 e. The van der Waals surface area contributed by atoms with Crippen molar-refractivity contribution in [2.24, 2.45) is 5.92 Å². The molecule has 8 heteroatoms. The molecule has 2 atom stereocenters. The van der Waals surface area contributed by atoms with E-state index in [1.54, 1.807) is 6.08 Å². The Morgan fingerprint density at radius 1 is 1.45 bits per heavy atom. The number of hydrogen-bond acceptors (Lipinski definition) is 5. The molecule has 0 saturated carbocycles. The molecule has 1 amide bonds.